The molecule has 1 aromatic carbocycles. The minimum atomic E-state index is -0.427. The SMILES string of the molecule is COc1ccccc1NC(=O)C(C)Sc1nc2sc(C)c(C)c2c(=O)n1C1CCCC1. The number of thioether (sulfide) groups is 1. The Kier molecular flexibility index (Phi) is 6.39. The first-order valence-electron chi connectivity index (χ1n) is 10.5. The predicted octanol–water partition coefficient (Wildman–Crippen LogP) is 5.32. The van der Waals surface area contributed by atoms with Crippen LogP contribution in [-0.2, 0) is 4.79 Å². The van der Waals surface area contributed by atoms with Crippen molar-refractivity contribution in [3.63, 3.8) is 0 Å². The van der Waals surface area contributed by atoms with Gasteiger partial charge in [0.05, 0.1) is 23.4 Å². The Hall–Kier alpha value is -2.32. The number of aryl methyl sites for hydroxylation is 2. The van der Waals surface area contributed by atoms with Crippen molar-refractivity contribution in [3.8, 4) is 5.75 Å². The van der Waals surface area contributed by atoms with Crippen molar-refractivity contribution in [1.82, 2.24) is 9.55 Å². The Labute approximate surface area is 190 Å². The average Bonchev–Trinajstić information content (AvgIpc) is 3.37. The fourth-order valence-corrected chi connectivity index (χ4v) is 6.10. The van der Waals surface area contributed by atoms with E-state index in [2.05, 4.69) is 5.32 Å². The lowest BCUT2D eigenvalue weighted by molar-refractivity contribution is -0.115. The molecule has 0 bridgehead atoms. The molecule has 3 aromatic rings. The number of thiophene rings is 1. The molecule has 1 aliphatic carbocycles. The number of aromatic nitrogens is 2. The molecule has 0 saturated heterocycles. The summed E-state index contributed by atoms with van der Waals surface area (Å²) >= 11 is 2.89. The van der Waals surface area contributed by atoms with E-state index in [1.54, 1.807) is 18.4 Å². The first-order valence-corrected chi connectivity index (χ1v) is 12.2. The highest BCUT2D eigenvalue weighted by molar-refractivity contribution is 8.00. The van der Waals surface area contributed by atoms with Gasteiger partial charge in [0.25, 0.3) is 5.56 Å². The lowest BCUT2D eigenvalue weighted by atomic mass is 10.2. The van der Waals surface area contributed by atoms with Gasteiger partial charge in [-0.2, -0.15) is 0 Å². The van der Waals surface area contributed by atoms with Gasteiger partial charge in [-0.15, -0.1) is 11.3 Å². The molecule has 0 radical (unpaired) electrons. The molecule has 2 heterocycles. The second-order valence-corrected chi connectivity index (χ2v) is 10.4. The maximum atomic E-state index is 13.5. The fraction of sp³-hybridized carbons (Fsp3) is 0.435. The van der Waals surface area contributed by atoms with Crippen molar-refractivity contribution in [2.75, 3.05) is 12.4 Å². The summed E-state index contributed by atoms with van der Waals surface area (Å²) in [5, 5.41) is 3.87. The minimum Gasteiger partial charge on any atom is -0.495 e. The first-order chi connectivity index (χ1) is 14.9. The molecule has 164 valence electrons. The van der Waals surface area contributed by atoms with Crippen LogP contribution in [0.4, 0.5) is 5.69 Å². The van der Waals surface area contributed by atoms with Crippen LogP contribution in [0.1, 0.15) is 49.1 Å². The molecule has 6 nitrogen and oxygen atoms in total. The van der Waals surface area contributed by atoms with Gasteiger partial charge in [-0.05, 0) is 51.3 Å². The summed E-state index contributed by atoms with van der Waals surface area (Å²) in [6.45, 7) is 5.86. The number of benzene rings is 1. The summed E-state index contributed by atoms with van der Waals surface area (Å²) in [6, 6.07) is 7.48. The molecular weight excluding hydrogens is 430 g/mol. The summed E-state index contributed by atoms with van der Waals surface area (Å²) in [7, 11) is 1.58. The second kappa shape index (κ2) is 9.04. The number of fused-ring (bicyclic) bond motifs is 1. The molecule has 1 saturated carbocycles. The summed E-state index contributed by atoms with van der Waals surface area (Å²) in [5.41, 5.74) is 1.67. The van der Waals surface area contributed by atoms with Crippen molar-refractivity contribution < 1.29 is 9.53 Å². The molecule has 4 rings (SSSR count). The zero-order valence-electron chi connectivity index (χ0n) is 18.2. The monoisotopic (exact) mass is 457 g/mol. The van der Waals surface area contributed by atoms with Crippen LogP contribution < -0.4 is 15.6 Å². The zero-order valence-corrected chi connectivity index (χ0v) is 19.9. The number of carbonyl (C=O) groups is 1. The van der Waals surface area contributed by atoms with Gasteiger partial charge in [-0.3, -0.25) is 14.2 Å². The molecule has 8 heteroatoms. The van der Waals surface area contributed by atoms with Crippen LogP contribution in [0.25, 0.3) is 10.2 Å². The first kappa shape index (κ1) is 21.9. The van der Waals surface area contributed by atoms with Crippen LogP contribution in [0.5, 0.6) is 5.75 Å². The molecule has 1 aliphatic rings. The Morgan fingerprint density at radius 3 is 2.71 bits per heavy atom. The molecule has 0 spiro atoms. The molecule has 1 amide bonds. The molecule has 2 aromatic heterocycles. The van der Waals surface area contributed by atoms with Crippen molar-refractivity contribution in [1.29, 1.82) is 0 Å². The average molecular weight is 458 g/mol. The van der Waals surface area contributed by atoms with E-state index in [9.17, 15) is 9.59 Å². The van der Waals surface area contributed by atoms with Crippen LogP contribution in [-0.4, -0.2) is 27.8 Å². The molecule has 1 N–H and O–H groups in total. The Morgan fingerprint density at radius 2 is 2.00 bits per heavy atom. The number of nitrogens with one attached hydrogen (secondary N) is 1. The topological polar surface area (TPSA) is 73.2 Å². The van der Waals surface area contributed by atoms with E-state index < -0.39 is 5.25 Å². The summed E-state index contributed by atoms with van der Waals surface area (Å²) in [6.07, 6.45) is 4.19. The summed E-state index contributed by atoms with van der Waals surface area (Å²) in [4.78, 5) is 33.2. The number of nitrogens with zero attached hydrogens (tertiary/aromatic N) is 2. The number of hydrogen-bond donors (Lipinski definition) is 1. The third kappa shape index (κ3) is 4.23. The highest BCUT2D eigenvalue weighted by Gasteiger charge is 2.27. The van der Waals surface area contributed by atoms with Gasteiger partial charge in [0.1, 0.15) is 10.6 Å². The lowest BCUT2D eigenvalue weighted by Gasteiger charge is -2.20. The molecular formula is C23H27N3O3S2. The highest BCUT2D eigenvalue weighted by Crippen LogP contribution is 2.36. The summed E-state index contributed by atoms with van der Waals surface area (Å²) in [5.74, 6) is 0.459. The number of amides is 1. The number of para-hydroxylation sites is 2. The predicted molar refractivity (Wildman–Crippen MR) is 128 cm³/mol. The Balaban J connectivity index is 1.67. The highest BCUT2D eigenvalue weighted by atomic mass is 32.2. The Bertz CT molecular complexity index is 1180. The number of ether oxygens (including phenoxy) is 1. The van der Waals surface area contributed by atoms with E-state index in [-0.39, 0.29) is 17.5 Å². The van der Waals surface area contributed by atoms with E-state index in [1.165, 1.54) is 11.8 Å². The third-order valence-corrected chi connectivity index (χ3v) is 8.08. The van der Waals surface area contributed by atoms with Gasteiger partial charge in [0.15, 0.2) is 5.16 Å². The number of rotatable bonds is 6. The van der Waals surface area contributed by atoms with Crippen molar-refractivity contribution in [2.24, 2.45) is 0 Å². The van der Waals surface area contributed by atoms with E-state index >= 15 is 0 Å². The van der Waals surface area contributed by atoms with E-state index in [0.717, 1.165) is 46.3 Å². The molecule has 1 fully saturated rings. The maximum absolute atomic E-state index is 13.5. The summed E-state index contributed by atoms with van der Waals surface area (Å²) < 4.78 is 7.18. The third-order valence-electron chi connectivity index (χ3n) is 5.91. The maximum Gasteiger partial charge on any atom is 0.263 e. The van der Waals surface area contributed by atoms with Crippen LogP contribution >= 0.6 is 23.1 Å². The standard InChI is InChI=1S/C23H27N3O3S2/c1-13-14(2)30-21-19(13)22(28)26(16-9-5-6-10-16)23(25-21)31-15(3)20(27)24-17-11-7-8-12-18(17)29-4/h7-8,11-12,15-16H,5-6,9-10H2,1-4H3,(H,24,27). The van der Waals surface area contributed by atoms with E-state index in [0.29, 0.717) is 16.6 Å². The molecule has 31 heavy (non-hydrogen) atoms. The van der Waals surface area contributed by atoms with E-state index in [4.69, 9.17) is 9.72 Å². The van der Waals surface area contributed by atoms with Gasteiger partial charge in [0, 0.05) is 10.9 Å². The number of methoxy groups -OCH3 is 1. The molecule has 1 unspecified atom stereocenters. The quantitative estimate of drug-likeness (QED) is 0.401. The number of carbonyl (C=O) groups excluding carboxylic acids is 1. The second-order valence-electron chi connectivity index (χ2n) is 7.92. The largest absolute Gasteiger partial charge is 0.495 e. The normalized spacial score (nSPS) is 15.4. The minimum absolute atomic E-state index is 0.0265. The Morgan fingerprint density at radius 1 is 1.29 bits per heavy atom. The fourth-order valence-electron chi connectivity index (χ4n) is 4.05. The van der Waals surface area contributed by atoms with Crippen molar-refractivity contribution in [2.45, 2.75) is 62.9 Å². The van der Waals surface area contributed by atoms with Crippen molar-refractivity contribution in [3.05, 3.63) is 45.1 Å². The van der Waals surface area contributed by atoms with E-state index in [1.807, 2.05) is 49.6 Å². The van der Waals surface area contributed by atoms with Crippen LogP contribution in [0.3, 0.4) is 0 Å². The van der Waals surface area contributed by atoms with Crippen LogP contribution in [0.2, 0.25) is 0 Å². The van der Waals surface area contributed by atoms with Crippen LogP contribution in [0.15, 0.2) is 34.2 Å². The van der Waals surface area contributed by atoms with Gasteiger partial charge in [-0.25, -0.2) is 4.98 Å². The van der Waals surface area contributed by atoms with Crippen molar-refractivity contribution >= 4 is 44.9 Å². The van der Waals surface area contributed by atoms with Crippen LogP contribution in [0, 0.1) is 13.8 Å². The van der Waals surface area contributed by atoms with Gasteiger partial charge >= 0.3 is 0 Å². The van der Waals surface area contributed by atoms with Gasteiger partial charge in [0.2, 0.25) is 5.91 Å². The molecule has 0 aliphatic heterocycles. The lowest BCUT2D eigenvalue weighted by Crippen LogP contribution is -2.29. The molecule has 1 atom stereocenters. The van der Waals surface area contributed by atoms with Gasteiger partial charge in [-0.1, -0.05) is 36.7 Å². The number of anilines is 1. The smallest absolute Gasteiger partial charge is 0.263 e. The number of hydrogen-bond acceptors (Lipinski definition) is 6. The van der Waals surface area contributed by atoms with Gasteiger partial charge < -0.3 is 10.1 Å². The zero-order chi connectivity index (χ0) is 22.1.